The number of nitrogens with two attached hydrogens (primary N) is 1. The normalized spacial score (nSPS) is 35.4. The Morgan fingerprint density at radius 1 is 1.06 bits per heavy atom. The SMILES string of the molecule is NC1(C(=O)NC2CC2C2CCCCC2)CCCC1. The van der Waals surface area contributed by atoms with E-state index < -0.39 is 5.54 Å². The second-order valence-electron chi connectivity index (χ2n) is 6.74. The fourth-order valence-electron chi connectivity index (χ4n) is 4.01. The van der Waals surface area contributed by atoms with Gasteiger partial charge in [-0.1, -0.05) is 44.9 Å². The van der Waals surface area contributed by atoms with Crippen molar-refractivity contribution in [1.29, 1.82) is 0 Å². The van der Waals surface area contributed by atoms with Crippen molar-refractivity contribution >= 4 is 5.91 Å². The van der Waals surface area contributed by atoms with E-state index in [4.69, 9.17) is 5.73 Å². The highest BCUT2D eigenvalue weighted by atomic mass is 16.2. The molecule has 3 saturated carbocycles. The summed E-state index contributed by atoms with van der Waals surface area (Å²) >= 11 is 0. The van der Waals surface area contributed by atoms with Crippen molar-refractivity contribution in [2.45, 2.75) is 75.8 Å². The molecule has 3 fully saturated rings. The number of carbonyl (C=O) groups excluding carboxylic acids is 1. The molecule has 2 unspecified atom stereocenters. The lowest BCUT2D eigenvalue weighted by Crippen LogP contribution is -2.52. The van der Waals surface area contributed by atoms with Gasteiger partial charge >= 0.3 is 0 Å². The van der Waals surface area contributed by atoms with Crippen molar-refractivity contribution < 1.29 is 4.79 Å². The van der Waals surface area contributed by atoms with Gasteiger partial charge in [-0.25, -0.2) is 0 Å². The fourth-order valence-corrected chi connectivity index (χ4v) is 4.01. The molecule has 3 heteroatoms. The first-order valence-electron chi connectivity index (χ1n) is 7.79. The van der Waals surface area contributed by atoms with Gasteiger partial charge in [-0.05, 0) is 31.1 Å². The molecule has 0 bridgehead atoms. The van der Waals surface area contributed by atoms with Crippen molar-refractivity contribution in [2.75, 3.05) is 0 Å². The van der Waals surface area contributed by atoms with Crippen LogP contribution in [0.3, 0.4) is 0 Å². The molecular formula is C15H26N2O. The molecule has 0 aromatic heterocycles. The number of hydrogen-bond donors (Lipinski definition) is 2. The lowest BCUT2D eigenvalue weighted by Gasteiger charge is -2.24. The highest BCUT2D eigenvalue weighted by Crippen LogP contribution is 2.44. The Hall–Kier alpha value is -0.570. The number of amides is 1. The lowest BCUT2D eigenvalue weighted by molar-refractivity contribution is -0.126. The van der Waals surface area contributed by atoms with Crippen LogP contribution in [0.1, 0.15) is 64.2 Å². The Kier molecular flexibility index (Phi) is 3.35. The van der Waals surface area contributed by atoms with Crippen LogP contribution in [0.4, 0.5) is 0 Å². The summed E-state index contributed by atoms with van der Waals surface area (Å²) in [5, 5.41) is 3.22. The molecule has 3 rings (SSSR count). The highest BCUT2D eigenvalue weighted by molar-refractivity contribution is 5.86. The summed E-state index contributed by atoms with van der Waals surface area (Å²) in [5.74, 6) is 1.77. The Bertz CT molecular complexity index is 316. The number of hydrogen-bond acceptors (Lipinski definition) is 2. The van der Waals surface area contributed by atoms with Gasteiger partial charge in [0.05, 0.1) is 5.54 Å². The predicted molar refractivity (Wildman–Crippen MR) is 72.0 cm³/mol. The topological polar surface area (TPSA) is 55.1 Å². The van der Waals surface area contributed by atoms with Crippen LogP contribution in [-0.4, -0.2) is 17.5 Å². The zero-order valence-corrected chi connectivity index (χ0v) is 11.3. The van der Waals surface area contributed by atoms with Gasteiger partial charge in [-0.3, -0.25) is 4.79 Å². The second-order valence-corrected chi connectivity index (χ2v) is 6.74. The van der Waals surface area contributed by atoms with Crippen LogP contribution in [0.25, 0.3) is 0 Å². The minimum absolute atomic E-state index is 0.128. The van der Waals surface area contributed by atoms with Crippen LogP contribution >= 0.6 is 0 Å². The molecule has 0 aliphatic heterocycles. The highest BCUT2D eigenvalue weighted by Gasteiger charge is 2.46. The minimum Gasteiger partial charge on any atom is -0.351 e. The van der Waals surface area contributed by atoms with Crippen LogP contribution in [0.5, 0.6) is 0 Å². The maximum absolute atomic E-state index is 12.2. The third-order valence-corrected chi connectivity index (χ3v) is 5.36. The summed E-state index contributed by atoms with van der Waals surface area (Å²) in [6, 6.07) is 0.446. The number of nitrogens with one attached hydrogen (secondary N) is 1. The van der Waals surface area contributed by atoms with Gasteiger partial charge in [0.1, 0.15) is 0 Å². The second kappa shape index (κ2) is 4.84. The van der Waals surface area contributed by atoms with Crippen LogP contribution < -0.4 is 11.1 Å². The summed E-state index contributed by atoms with van der Waals surface area (Å²) in [4.78, 5) is 12.2. The van der Waals surface area contributed by atoms with E-state index in [9.17, 15) is 4.79 Å². The standard InChI is InChI=1S/C15H26N2O/c16-15(8-4-5-9-15)14(18)17-13-10-12(13)11-6-2-1-3-7-11/h11-13H,1-10,16H2,(H,17,18). The van der Waals surface area contributed by atoms with E-state index in [-0.39, 0.29) is 5.91 Å². The van der Waals surface area contributed by atoms with E-state index in [2.05, 4.69) is 5.32 Å². The van der Waals surface area contributed by atoms with Gasteiger partial charge in [-0.2, -0.15) is 0 Å². The minimum atomic E-state index is -0.542. The van der Waals surface area contributed by atoms with E-state index >= 15 is 0 Å². The van der Waals surface area contributed by atoms with Crippen molar-refractivity contribution in [3.05, 3.63) is 0 Å². The van der Waals surface area contributed by atoms with E-state index in [1.807, 2.05) is 0 Å². The van der Waals surface area contributed by atoms with Crippen LogP contribution in [0, 0.1) is 11.8 Å². The van der Waals surface area contributed by atoms with Gasteiger partial charge in [-0.15, -0.1) is 0 Å². The monoisotopic (exact) mass is 250 g/mol. The third-order valence-electron chi connectivity index (χ3n) is 5.36. The van der Waals surface area contributed by atoms with Crippen LogP contribution in [0.15, 0.2) is 0 Å². The smallest absolute Gasteiger partial charge is 0.240 e. The molecule has 1 amide bonds. The zero-order chi connectivity index (χ0) is 12.6. The van der Waals surface area contributed by atoms with Crippen LogP contribution in [0.2, 0.25) is 0 Å². The molecular weight excluding hydrogens is 224 g/mol. The fraction of sp³-hybridized carbons (Fsp3) is 0.933. The summed E-state index contributed by atoms with van der Waals surface area (Å²) in [6.45, 7) is 0. The zero-order valence-electron chi connectivity index (χ0n) is 11.3. The number of rotatable bonds is 3. The molecule has 3 aliphatic carbocycles. The molecule has 0 radical (unpaired) electrons. The van der Waals surface area contributed by atoms with Gasteiger partial charge < -0.3 is 11.1 Å². The van der Waals surface area contributed by atoms with Gasteiger partial charge in [0.2, 0.25) is 5.91 Å². The van der Waals surface area contributed by atoms with Crippen LogP contribution in [-0.2, 0) is 4.79 Å². The van der Waals surface area contributed by atoms with E-state index in [1.165, 1.54) is 38.5 Å². The van der Waals surface area contributed by atoms with E-state index in [0.29, 0.717) is 6.04 Å². The molecule has 3 N–H and O–H groups in total. The quantitative estimate of drug-likeness (QED) is 0.808. The summed E-state index contributed by atoms with van der Waals surface area (Å²) in [5.41, 5.74) is 5.65. The first-order valence-corrected chi connectivity index (χ1v) is 7.79. The first kappa shape index (κ1) is 12.5. The molecule has 0 spiro atoms. The summed E-state index contributed by atoms with van der Waals surface area (Å²) < 4.78 is 0. The summed E-state index contributed by atoms with van der Waals surface area (Å²) in [7, 11) is 0. The average molecular weight is 250 g/mol. The largest absolute Gasteiger partial charge is 0.351 e. The Labute approximate surface area is 110 Å². The first-order chi connectivity index (χ1) is 8.69. The Morgan fingerprint density at radius 3 is 2.39 bits per heavy atom. The molecule has 0 heterocycles. The third kappa shape index (κ3) is 2.42. The maximum Gasteiger partial charge on any atom is 0.240 e. The van der Waals surface area contributed by atoms with Crippen molar-refractivity contribution in [3.63, 3.8) is 0 Å². The maximum atomic E-state index is 12.2. The average Bonchev–Trinajstić information content (AvgIpc) is 3.01. The molecule has 0 saturated heterocycles. The number of carbonyl (C=O) groups is 1. The molecule has 3 aliphatic rings. The summed E-state index contributed by atoms with van der Waals surface area (Å²) in [6.07, 6.45) is 12.1. The van der Waals surface area contributed by atoms with Crippen molar-refractivity contribution in [2.24, 2.45) is 17.6 Å². The lowest BCUT2D eigenvalue weighted by atomic mass is 9.85. The van der Waals surface area contributed by atoms with Crippen molar-refractivity contribution in [1.82, 2.24) is 5.32 Å². The predicted octanol–water partition coefficient (Wildman–Crippen LogP) is 2.34. The van der Waals surface area contributed by atoms with Crippen molar-refractivity contribution in [3.8, 4) is 0 Å². The molecule has 0 aromatic rings. The molecule has 2 atom stereocenters. The molecule has 3 nitrogen and oxygen atoms in total. The van der Waals surface area contributed by atoms with Gasteiger partial charge in [0.15, 0.2) is 0 Å². The van der Waals surface area contributed by atoms with E-state index in [0.717, 1.165) is 37.5 Å². The van der Waals surface area contributed by atoms with E-state index in [1.54, 1.807) is 0 Å². The Morgan fingerprint density at radius 2 is 1.72 bits per heavy atom. The van der Waals surface area contributed by atoms with Gasteiger partial charge in [0.25, 0.3) is 0 Å². The Balaban J connectivity index is 1.48. The molecule has 0 aromatic carbocycles. The molecule has 18 heavy (non-hydrogen) atoms. The molecule has 102 valence electrons. The van der Waals surface area contributed by atoms with Gasteiger partial charge in [0, 0.05) is 6.04 Å².